The van der Waals surface area contributed by atoms with Gasteiger partial charge in [-0.05, 0) is 17.7 Å². The Kier molecular flexibility index (Phi) is 5.34. The summed E-state index contributed by atoms with van der Waals surface area (Å²) in [5, 5.41) is 3.51. The summed E-state index contributed by atoms with van der Waals surface area (Å²) < 4.78 is 39.3. The number of benzene rings is 1. The molecule has 0 amide bonds. The average molecular weight is 372 g/mol. The molecule has 0 aromatic heterocycles. The number of alkyl halides is 3. The molecule has 1 heterocycles. The van der Waals surface area contributed by atoms with Crippen LogP contribution in [-0.2, 0) is 0 Å². The van der Waals surface area contributed by atoms with Crippen molar-refractivity contribution in [2.75, 3.05) is 26.2 Å². The van der Waals surface area contributed by atoms with Crippen LogP contribution in [0.1, 0.15) is 18.0 Å². The molecular weight excluding hydrogens is 357 g/mol. The van der Waals surface area contributed by atoms with E-state index in [0.29, 0.717) is 36.8 Å². The van der Waals surface area contributed by atoms with Crippen LogP contribution in [-0.4, -0.2) is 37.3 Å². The number of halogens is 5. The lowest BCUT2D eigenvalue weighted by Crippen LogP contribution is -2.46. The Labute approximate surface area is 129 Å². The molecule has 1 fully saturated rings. The Balaban J connectivity index is 2.29. The van der Waals surface area contributed by atoms with Crippen LogP contribution in [0.5, 0.6) is 0 Å². The molecule has 1 aliphatic heterocycles. The van der Waals surface area contributed by atoms with Crippen molar-refractivity contribution in [3.8, 4) is 0 Å². The molecule has 20 heavy (non-hydrogen) atoms. The first kappa shape index (κ1) is 16.1. The molecule has 0 unspecified atom stereocenters. The SMILES string of the molecule is FC(F)(F)C[C@@H](c1ccc(Br)cc1Cl)N1CCNCC1. The summed E-state index contributed by atoms with van der Waals surface area (Å²) in [4.78, 5) is 1.85. The Bertz CT molecular complexity index is 461. The van der Waals surface area contributed by atoms with E-state index >= 15 is 0 Å². The Morgan fingerprint density at radius 2 is 1.95 bits per heavy atom. The molecule has 2 rings (SSSR count). The molecule has 1 aliphatic rings. The van der Waals surface area contributed by atoms with Crippen molar-refractivity contribution < 1.29 is 13.2 Å². The van der Waals surface area contributed by atoms with Gasteiger partial charge in [-0.2, -0.15) is 13.2 Å². The fourth-order valence-electron chi connectivity index (χ4n) is 2.42. The first-order valence-electron chi connectivity index (χ1n) is 6.33. The summed E-state index contributed by atoms with van der Waals surface area (Å²) >= 11 is 9.41. The van der Waals surface area contributed by atoms with Gasteiger partial charge < -0.3 is 5.32 Å². The van der Waals surface area contributed by atoms with E-state index in [-0.39, 0.29) is 0 Å². The summed E-state index contributed by atoms with van der Waals surface area (Å²) in [6.07, 6.45) is -5.10. The molecule has 7 heteroatoms. The van der Waals surface area contributed by atoms with Crippen LogP contribution in [0.3, 0.4) is 0 Å². The Morgan fingerprint density at radius 3 is 2.50 bits per heavy atom. The van der Waals surface area contributed by atoms with Gasteiger partial charge in [0.05, 0.1) is 6.42 Å². The second-order valence-corrected chi connectivity index (χ2v) is 6.11. The molecular formula is C13H15BrClF3N2. The molecule has 0 spiro atoms. The van der Waals surface area contributed by atoms with E-state index in [1.54, 1.807) is 18.2 Å². The zero-order valence-corrected chi connectivity index (χ0v) is 13.0. The topological polar surface area (TPSA) is 15.3 Å². The van der Waals surface area contributed by atoms with Gasteiger partial charge in [0.1, 0.15) is 0 Å². The summed E-state index contributed by atoms with van der Waals surface area (Å²) in [6, 6.07) is 4.32. The number of nitrogens with one attached hydrogen (secondary N) is 1. The van der Waals surface area contributed by atoms with Crippen molar-refractivity contribution in [2.24, 2.45) is 0 Å². The van der Waals surface area contributed by atoms with Crippen molar-refractivity contribution in [3.05, 3.63) is 33.3 Å². The van der Waals surface area contributed by atoms with E-state index < -0.39 is 18.6 Å². The normalized spacial score (nSPS) is 19.1. The van der Waals surface area contributed by atoms with E-state index in [2.05, 4.69) is 21.2 Å². The minimum Gasteiger partial charge on any atom is -0.314 e. The van der Waals surface area contributed by atoms with Crippen molar-refractivity contribution in [1.82, 2.24) is 10.2 Å². The molecule has 1 aromatic carbocycles. The summed E-state index contributed by atoms with van der Waals surface area (Å²) in [5.74, 6) is 0. The summed E-state index contributed by atoms with van der Waals surface area (Å²) in [5.41, 5.74) is 0.536. The molecule has 1 atom stereocenters. The standard InChI is InChI=1S/C13H15BrClF3N2/c14-9-1-2-10(11(15)7-9)12(8-13(16,17)18)20-5-3-19-4-6-20/h1-2,7,12,19H,3-6,8H2/t12-/m0/s1. The van der Waals surface area contributed by atoms with E-state index in [0.717, 1.165) is 4.47 Å². The van der Waals surface area contributed by atoms with Crippen molar-refractivity contribution in [1.29, 1.82) is 0 Å². The molecule has 0 radical (unpaired) electrons. The van der Waals surface area contributed by atoms with Gasteiger partial charge in [0, 0.05) is 41.7 Å². The van der Waals surface area contributed by atoms with Crippen molar-refractivity contribution in [3.63, 3.8) is 0 Å². The summed E-state index contributed by atoms with van der Waals surface area (Å²) in [7, 11) is 0. The van der Waals surface area contributed by atoms with Crippen LogP contribution in [0.4, 0.5) is 13.2 Å². The third kappa shape index (κ3) is 4.35. The molecule has 0 aliphatic carbocycles. The number of rotatable bonds is 3. The largest absolute Gasteiger partial charge is 0.390 e. The third-order valence-electron chi connectivity index (χ3n) is 3.34. The van der Waals surface area contributed by atoms with Crippen LogP contribution in [0, 0.1) is 0 Å². The number of nitrogens with zero attached hydrogens (tertiary/aromatic N) is 1. The second-order valence-electron chi connectivity index (χ2n) is 4.79. The minimum absolute atomic E-state index is 0.368. The van der Waals surface area contributed by atoms with Gasteiger partial charge in [-0.1, -0.05) is 33.6 Å². The zero-order valence-electron chi connectivity index (χ0n) is 10.7. The molecule has 1 aromatic rings. The van der Waals surface area contributed by atoms with E-state index in [9.17, 15) is 13.2 Å². The van der Waals surface area contributed by atoms with E-state index in [1.165, 1.54) is 0 Å². The molecule has 1 N–H and O–H groups in total. The molecule has 2 nitrogen and oxygen atoms in total. The van der Waals surface area contributed by atoms with E-state index in [1.807, 2.05) is 4.90 Å². The molecule has 112 valence electrons. The van der Waals surface area contributed by atoms with Gasteiger partial charge in [-0.15, -0.1) is 0 Å². The van der Waals surface area contributed by atoms with Gasteiger partial charge in [0.15, 0.2) is 0 Å². The van der Waals surface area contributed by atoms with Gasteiger partial charge >= 0.3 is 6.18 Å². The minimum atomic E-state index is -4.22. The van der Waals surface area contributed by atoms with Gasteiger partial charge in [-0.25, -0.2) is 0 Å². The van der Waals surface area contributed by atoms with Gasteiger partial charge in [0.25, 0.3) is 0 Å². The number of hydrogen-bond acceptors (Lipinski definition) is 2. The summed E-state index contributed by atoms with van der Waals surface area (Å²) in [6.45, 7) is 2.57. The zero-order chi connectivity index (χ0) is 14.8. The third-order valence-corrected chi connectivity index (χ3v) is 4.16. The molecule has 0 saturated carbocycles. The highest BCUT2D eigenvalue weighted by Gasteiger charge is 2.36. The Hall–Kier alpha value is -0.300. The van der Waals surface area contributed by atoms with Crippen molar-refractivity contribution in [2.45, 2.75) is 18.6 Å². The smallest absolute Gasteiger partial charge is 0.314 e. The molecule has 1 saturated heterocycles. The highest BCUT2D eigenvalue weighted by atomic mass is 79.9. The highest BCUT2D eigenvalue weighted by molar-refractivity contribution is 9.10. The van der Waals surface area contributed by atoms with Crippen LogP contribution >= 0.6 is 27.5 Å². The maximum absolute atomic E-state index is 12.9. The number of hydrogen-bond donors (Lipinski definition) is 1. The average Bonchev–Trinajstić information content (AvgIpc) is 2.36. The lowest BCUT2D eigenvalue weighted by Gasteiger charge is -2.36. The fraction of sp³-hybridized carbons (Fsp3) is 0.538. The highest BCUT2D eigenvalue weighted by Crippen LogP contribution is 2.37. The van der Waals surface area contributed by atoms with Crippen LogP contribution in [0.2, 0.25) is 5.02 Å². The Morgan fingerprint density at radius 1 is 1.30 bits per heavy atom. The monoisotopic (exact) mass is 370 g/mol. The predicted molar refractivity (Wildman–Crippen MR) is 77.0 cm³/mol. The maximum Gasteiger partial charge on any atom is 0.390 e. The van der Waals surface area contributed by atoms with Crippen LogP contribution in [0.25, 0.3) is 0 Å². The van der Waals surface area contributed by atoms with Crippen LogP contribution < -0.4 is 5.32 Å². The maximum atomic E-state index is 12.9. The quantitative estimate of drug-likeness (QED) is 0.864. The first-order chi connectivity index (χ1) is 9.37. The lowest BCUT2D eigenvalue weighted by atomic mass is 10.0. The van der Waals surface area contributed by atoms with Crippen LogP contribution in [0.15, 0.2) is 22.7 Å². The lowest BCUT2D eigenvalue weighted by molar-refractivity contribution is -0.148. The van der Waals surface area contributed by atoms with Gasteiger partial charge in [0.2, 0.25) is 0 Å². The fourth-order valence-corrected chi connectivity index (χ4v) is 3.22. The molecule has 0 bridgehead atoms. The number of piperazine rings is 1. The van der Waals surface area contributed by atoms with Crippen molar-refractivity contribution >= 4 is 27.5 Å². The second kappa shape index (κ2) is 6.64. The first-order valence-corrected chi connectivity index (χ1v) is 7.50. The van der Waals surface area contributed by atoms with E-state index in [4.69, 9.17) is 11.6 Å². The van der Waals surface area contributed by atoms with Gasteiger partial charge in [-0.3, -0.25) is 4.90 Å². The predicted octanol–water partition coefficient (Wildman–Crippen LogP) is 4.00.